The molecule has 0 radical (unpaired) electrons. The van der Waals surface area contributed by atoms with E-state index in [9.17, 15) is 0 Å². The largest absolute Gasteiger partial charge is 0.316 e. The van der Waals surface area contributed by atoms with Crippen LogP contribution in [0.4, 0.5) is 0 Å². The van der Waals surface area contributed by atoms with Crippen LogP contribution in [0, 0.1) is 11.8 Å². The summed E-state index contributed by atoms with van der Waals surface area (Å²) in [4.78, 5) is 0. The molecule has 1 aromatic heterocycles. The summed E-state index contributed by atoms with van der Waals surface area (Å²) in [5.74, 6) is 1.66. The summed E-state index contributed by atoms with van der Waals surface area (Å²) in [7, 11) is 0. The van der Waals surface area contributed by atoms with Gasteiger partial charge in [-0.1, -0.05) is 5.21 Å². The first-order valence-electron chi connectivity index (χ1n) is 6.50. The molecule has 1 aliphatic heterocycles. The smallest absolute Gasteiger partial charge is 0.0725 e. The SMILES string of the molecule is c1nnn(CC2CC2)c1CC1CCCNC1. The summed E-state index contributed by atoms with van der Waals surface area (Å²) in [6.45, 7) is 3.44. The van der Waals surface area contributed by atoms with E-state index in [-0.39, 0.29) is 0 Å². The number of rotatable bonds is 4. The van der Waals surface area contributed by atoms with Crippen LogP contribution in [0.5, 0.6) is 0 Å². The first-order chi connectivity index (χ1) is 7.92. The Morgan fingerprint density at radius 3 is 3.00 bits per heavy atom. The number of piperidine rings is 1. The van der Waals surface area contributed by atoms with Crippen LogP contribution < -0.4 is 5.32 Å². The summed E-state index contributed by atoms with van der Waals surface area (Å²) in [6.07, 6.45) is 8.52. The number of nitrogens with one attached hydrogen (secondary N) is 1. The van der Waals surface area contributed by atoms with Gasteiger partial charge in [-0.25, -0.2) is 4.68 Å². The summed E-state index contributed by atoms with van der Waals surface area (Å²) in [6, 6.07) is 0. The van der Waals surface area contributed by atoms with Gasteiger partial charge in [-0.05, 0) is 57.0 Å². The van der Waals surface area contributed by atoms with E-state index >= 15 is 0 Å². The average molecular weight is 220 g/mol. The fourth-order valence-electron chi connectivity index (χ4n) is 2.53. The highest BCUT2D eigenvalue weighted by Gasteiger charge is 2.24. The first kappa shape index (κ1) is 10.3. The lowest BCUT2D eigenvalue weighted by atomic mass is 9.95. The lowest BCUT2D eigenvalue weighted by Crippen LogP contribution is -2.31. The van der Waals surface area contributed by atoms with Gasteiger partial charge in [0, 0.05) is 6.54 Å². The topological polar surface area (TPSA) is 42.7 Å². The van der Waals surface area contributed by atoms with Gasteiger partial charge in [0.15, 0.2) is 0 Å². The fraction of sp³-hybridized carbons (Fsp3) is 0.833. The van der Waals surface area contributed by atoms with Crippen LogP contribution in [-0.2, 0) is 13.0 Å². The van der Waals surface area contributed by atoms with Gasteiger partial charge in [0.05, 0.1) is 11.9 Å². The zero-order chi connectivity index (χ0) is 10.8. The van der Waals surface area contributed by atoms with Crippen molar-refractivity contribution in [1.29, 1.82) is 0 Å². The maximum atomic E-state index is 4.21. The zero-order valence-electron chi connectivity index (χ0n) is 9.73. The Hall–Kier alpha value is -0.900. The highest BCUT2D eigenvalue weighted by Crippen LogP contribution is 2.30. The van der Waals surface area contributed by atoms with E-state index < -0.39 is 0 Å². The van der Waals surface area contributed by atoms with Crippen molar-refractivity contribution in [2.24, 2.45) is 11.8 Å². The monoisotopic (exact) mass is 220 g/mol. The Morgan fingerprint density at radius 2 is 2.25 bits per heavy atom. The van der Waals surface area contributed by atoms with Crippen LogP contribution in [-0.4, -0.2) is 28.1 Å². The van der Waals surface area contributed by atoms with Gasteiger partial charge in [-0.2, -0.15) is 0 Å². The predicted octanol–water partition coefficient (Wildman–Crippen LogP) is 1.23. The highest BCUT2D eigenvalue weighted by molar-refractivity contribution is 4.97. The van der Waals surface area contributed by atoms with E-state index in [0.717, 1.165) is 31.3 Å². The Bertz CT molecular complexity index is 337. The Morgan fingerprint density at radius 1 is 1.31 bits per heavy atom. The summed E-state index contributed by atoms with van der Waals surface area (Å²) in [5.41, 5.74) is 1.33. The van der Waals surface area contributed by atoms with Gasteiger partial charge in [-0.15, -0.1) is 5.10 Å². The van der Waals surface area contributed by atoms with Crippen molar-refractivity contribution in [3.8, 4) is 0 Å². The molecule has 1 saturated heterocycles. The molecule has 1 unspecified atom stereocenters. The number of hydrogen-bond acceptors (Lipinski definition) is 3. The molecule has 3 rings (SSSR count). The molecule has 0 spiro atoms. The minimum atomic E-state index is 0.783. The second-order valence-electron chi connectivity index (χ2n) is 5.27. The van der Waals surface area contributed by atoms with Gasteiger partial charge in [0.2, 0.25) is 0 Å². The first-order valence-corrected chi connectivity index (χ1v) is 6.50. The fourth-order valence-corrected chi connectivity index (χ4v) is 2.53. The van der Waals surface area contributed by atoms with Crippen molar-refractivity contribution in [2.75, 3.05) is 13.1 Å². The standard InChI is InChI=1S/C12H20N4/c1-2-11(7-13-5-1)6-12-8-14-15-16(12)9-10-3-4-10/h8,10-11,13H,1-7,9H2. The maximum absolute atomic E-state index is 4.21. The molecule has 1 saturated carbocycles. The minimum Gasteiger partial charge on any atom is -0.316 e. The van der Waals surface area contributed by atoms with Crippen molar-refractivity contribution in [2.45, 2.75) is 38.6 Å². The van der Waals surface area contributed by atoms with Gasteiger partial charge in [-0.3, -0.25) is 0 Å². The highest BCUT2D eigenvalue weighted by atomic mass is 15.4. The van der Waals surface area contributed by atoms with E-state index in [2.05, 4.69) is 20.3 Å². The van der Waals surface area contributed by atoms with E-state index in [1.165, 1.54) is 37.9 Å². The second kappa shape index (κ2) is 4.53. The Labute approximate surface area is 96.4 Å². The summed E-state index contributed by atoms with van der Waals surface area (Å²) >= 11 is 0. The molecular weight excluding hydrogens is 200 g/mol. The number of nitrogens with zero attached hydrogens (tertiary/aromatic N) is 3. The van der Waals surface area contributed by atoms with Crippen LogP contribution in [0.25, 0.3) is 0 Å². The molecule has 1 aromatic rings. The number of hydrogen-bond donors (Lipinski definition) is 1. The predicted molar refractivity (Wildman–Crippen MR) is 62.0 cm³/mol. The zero-order valence-corrected chi connectivity index (χ0v) is 9.73. The third-order valence-corrected chi connectivity index (χ3v) is 3.72. The van der Waals surface area contributed by atoms with E-state index in [1.807, 2.05) is 6.20 Å². The molecule has 4 nitrogen and oxygen atoms in total. The molecule has 2 fully saturated rings. The minimum absolute atomic E-state index is 0.783. The van der Waals surface area contributed by atoms with Gasteiger partial charge in [0.1, 0.15) is 0 Å². The van der Waals surface area contributed by atoms with E-state index in [4.69, 9.17) is 0 Å². The van der Waals surface area contributed by atoms with Crippen molar-refractivity contribution in [1.82, 2.24) is 20.3 Å². The third-order valence-electron chi connectivity index (χ3n) is 3.72. The molecule has 2 aliphatic rings. The van der Waals surface area contributed by atoms with Gasteiger partial charge >= 0.3 is 0 Å². The Kier molecular flexibility index (Phi) is 2.91. The molecular formula is C12H20N4. The molecule has 16 heavy (non-hydrogen) atoms. The average Bonchev–Trinajstić information content (AvgIpc) is 3.02. The molecule has 0 bridgehead atoms. The lowest BCUT2D eigenvalue weighted by molar-refractivity contribution is 0.365. The molecule has 1 N–H and O–H groups in total. The maximum Gasteiger partial charge on any atom is 0.0725 e. The lowest BCUT2D eigenvalue weighted by Gasteiger charge is -2.22. The third kappa shape index (κ3) is 2.43. The molecule has 4 heteroatoms. The molecule has 1 atom stereocenters. The molecule has 0 amide bonds. The second-order valence-corrected chi connectivity index (χ2v) is 5.27. The molecule has 0 aromatic carbocycles. The van der Waals surface area contributed by atoms with Crippen molar-refractivity contribution in [3.63, 3.8) is 0 Å². The van der Waals surface area contributed by atoms with E-state index in [0.29, 0.717) is 0 Å². The molecule has 1 aliphatic carbocycles. The van der Waals surface area contributed by atoms with E-state index in [1.54, 1.807) is 0 Å². The number of aromatic nitrogens is 3. The van der Waals surface area contributed by atoms with Gasteiger partial charge < -0.3 is 5.32 Å². The molecule has 88 valence electrons. The Balaban J connectivity index is 1.61. The van der Waals surface area contributed by atoms with Crippen LogP contribution in [0.1, 0.15) is 31.4 Å². The van der Waals surface area contributed by atoms with Crippen LogP contribution in [0.15, 0.2) is 6.20 Å². The normalized spacial score (nSPS) is 25.9. The van der Waals surface area contributed by atoms with Crippen LogP contribution in [0.3, 0.4) is 0 Å². The van der Waals surface area contributed by atoms with Crippen molar-refractivity contribution < 1.29 is 0 Å². The van der Waals surface area contributed by atoms with Crippen molar-refractivity contribution in [3.05, 3.63) is 11.9 Å². The van der Waals surface area contributed by atoms with Crippen molar-refractivity contribution >= 4 is 0 Å². The van der Waals surface area contributed by atoms with Gasteiger partial charge in [0.25, 0.3) is 0 Å². The summed E-state index contributed by atoms with van der Waals surface area (Å²) in [5, 5.41) is 11.7. The summed E-state index contributed by atoms with van der Waals surface area (Å²) < 4.78 is 2.13. The van der Waals surface area contributed by atoms with Crippen LogP contribution >= 0.6 is 0 Å². The quantitative estimate of drug-likeness (QED) is 0.830. The van der Waals surface area contributed by atoms with Crippen LogP contribution in [0.2, 0.25) is 0 Å². The molecule has 2 heterocycles.